The molecule has 1 aliphatic rings. The number of hydrogen-bond acceptors (Lipinski definition) is 4. The van der Waals surface area contributed by atoms with Crippen LogP contribution in [0.4, 0.5) is 0 Å². The molecule has 1 fully saturated rings. The van der Waals surface area contributed by atoms with Gasteiger partial charge in [0.2, 0.25) is 5.24 Å². The predicted molar refractivity (Wildman–Crippen MR) is 71.7 cm³/mol. The molecular weight excluding hydrogens is 266 g/mol. The zero-order chi connectivity index (χ0) is 13.7. The summed E-state index contributed by atoms with van der Waals surface area (Å²) in [5.74, 6) is -0.325. The van der Waals surface area contributed by atoms with Crippen LogP contribution in [0.1, 0.15) is 18.4 Å². The van der Waals surface area contributed by atoms with Crippen molar-refractivity contribution in [2.75, 3.05) is 13.1 Å². The highest BCUT2D eigenvalue weighted by atomic mass is 35.5. The molecule has 0 spiro atoms. The van der Waals surface area contributed by atoms with Gasteiger partial charge in [-0.1, -0.05) is 30.3 Å². The number of esters is 1. The van der Waals surface area contributed by atoms with Crippen molar-refractivity contribution in [1.29, 1.82) is 0 Å². The van der Waals surface area contributed by atoms with Gasteiger partial charge < -0.3 is 4.74 Å². The molecule has 4 nitrogen and oxygen atoms in total. The van der Waals surface area contributed by atoms with Gasteiger partial charge in [0.25, 0.3) is 0 Å². The molecule has 1 heterocycles. The second kappa shape index (κ2) is 6.68. The van der Waals surface area contributed by atoms with Gasteiger partial charge in [-0.15, -0.1) is 0 Å². The van der Waals surface area contributed by atoms with Crippen molar-refractivity contribution in [3.8, 4) is 0 Å². The quantitative estimate of drug-likeness (QED) is 0.611. The third-order valence-corrected chi connectivity index (χ3v) is 3.45. The van der Waals surface area contributed by atoms with Gasteiger partial charge in [0.1, 0.15) is 6.61 Å². The molecule has 19 heavy (non-hydrogen) atoms. The first kappa shape index (κ1) is 14.0. The summed E-state index contributed by atoms with van der Waals surface area (Å²) in [5.41, 5.74) is 0.947. The fourth-order valence-corrected chi connectivity index (χ4v) is 2.47. The zero-order valence-electron chi connectivity index (χ0n) is 10.5. The van der Waals surface area contributed by atoms with E-state index in [0.717, 1.165) is 12.0 Å². The molecule has 5 heteroatoms. The molecule has 1 aromatic carbocycles. The van der Waals surface area contributed by atoms with Crippen molar-refractivity contribution in [3.05, 3.63) is 35.9 Å². The normalized spacial score (nSPS) is 19.3. The van der Waals surface area contributed by atoms with Gasteiger partial charge in [0.05, 0.1) is 12.6 Å². The Hall–Kier alpha value is -1.39. The van der Waals surface area contributed by atoms with Crippen LogP contribution in [0.5, 0.6) is 0 Å². The van der Waals surface area contributed by atoms with Gasteiger partial charge in [0, 0.05) is 0 Å². The van der Waals surface area contributed by atoms with E-state index >= 15 is 0 Å². The van der Waals surface area contributed by atoms with Crippen LogP contribution < -0.4 is 0 Å². The summed E-state index contributed by atoms with van der Waals surface area (Å²) in [5, 5.41) is -0.395. The molecule has 0 N–H and O–H groups in total. The minimum absolute atomic E-state index is 0.121. The standard InChI is InChI=1S/C14H16ClNO3/c15-14(18)12-7-4-8-16(12)9-13(17)19-10-11-5-2-1-3-6-11/h1-3,5-6,12H,4,7-10H2. The van der Waals surface area contributed by atoms with Crippen molar-refractivity contribution >= 4 is 22.8 Å². The number of ether oxygens (including phenoxy) is 1. The SMILES string of the molecule is O=C(CN1CCCC1C(=O)Cl)OCc1ccccc1. The number of likely N-dealkylation sites (tertiary alicyclic amines) is 1. The van der Waals surface area contributed by atoms with Crippen LogP contribution in [0.2, 0.25) is 0 Å². The van der Waals surface area contributed by atoms with Crippen LogP contribution in [0.15, 0.2) is 30.3 Å². The number of halogens is 1. The van der Waals surface area contributed by atoms with Crippen LogP contribution >= 0.6 is 11.6 Å². The van der Waals surface area contributed by atoms with E-state index in [4.69, 9.17) is 16.3 Å². The lowest BCUT2D eigenvalue weighted by Crippen LogP contribution is -2.38. The summed E-state index contributed by atoms with van der Waals surface area (Å²) in [7, 11) is 0. The maximum Gasteiger partial charge on any atom is 0.320 e. The summed E-state index contributed by atoms with van der Waals surface area (Å²) in [6.07, 6.45) is 1.60. The first-order valence-corrected chi connectivity index (χ1v) is 6.67. The Morgan fingerprint density at radius 2 is 2.05 bits per heavy atom. The predicted octanol–water partition coefficient (Wildman–Crippen LogP) is 1.96. The van der Waals surface area contributed by atoms with Gasteiger partial charge in [0.15, 0.2) is 0 Å². The van der Waals surface area contributed by atoms with Crippen LogP contribution in [0, 0.1) is 0 Å². The van der Waals surface area contributed by atoms with Gasteiger partial charge >= 0.3 is 5.97 Å². The minimum atomic E-state index is -0.395. The highest BCUT2D eigenvalue weighted by Gasteiger charge is 2.31. The first-order valence-electron chi connectivity index (χ1n) is 6.30. The number of carbonyl (C=O) groups is 2. The second-order valence-electron chi connectivity index (χ2n) is 4.58. The Labute approximate surface area is 117 Å². The molecule has 2 rings (SSSR count). The van der Waals surface area contributed by atoms with Crippen molar-refractivity contribution in [1.82, 2.24) is 4.90 Å². The van der Waals surface area contributed by atoms with E-state index in [2.05, 4.69) is 0 Å². The van der Waals surface area contributed by atoms with E-state index in [1.165, 1.54) is 0 Å². The summed E-state index contributed by atoms with van der Waals surface area (Å²) in [6, 6.07) is 9.15. The van der Waals surface area contributed by atoms with E-state index in [1.807, 2.05) is 30.3 Å². The molecule has 1 unspecified atom stereocenters. The Kier molecular flexibility index (Phi) is 4.93. The fraction of sp³-hybridized carbons (Fsp3) is 0.429. The van der Waals surface area contributed by atoms with E-state index in [9.17, 15) is 9.59 Å². The molecule has 0 amide bonds. The van der Waals surface area contributed by atoms with Gasteiger partial charge in [-0.25, -0.2) is 0 Å². The van der Waals surface area contributed by atoms with Gasteiger partial charge in [-0.2, -0.15) is 0 Å². The second-order valence-corrected chi connectivity index (χ2v) is 4.95. The topological polar surface area (TPSA) is 46.6 Å². The molecule has 0 bridgehead atoms. The number of carbonyl (C=O) groups excluding carboxylic acids is 2. The Morgan fingerprint density at radius 1 is 1.32 bits per heavy atom. The average Bonchev–Trinajstić information content (AvgIpc) is 2.86. The lowest BCUT2D eigenvalue weighted by molar-refractivity contribution is -0.146. The van der Waals surface area contributed by atoms with Crippen LogP contribution in [0.3, 0.4) is 0 Å². The lowest BCUT2D eigenvalue weighted by atomic mass is 10.2. The van der Waals surface area contributed by atoms with Crippen molar-refractivity contribution < 1.29 is 14.3 Å². The van der Waals surface area contributed by atoms with E-state index in [1.54, 1.807) is 4.90 Å². The smallest absolute Gasteiger partial charge is 0.320 e. The Bertz CT molecular complexity index is 449. The molecule has 1 aromatic rings. The third-order valence-electron chi connectivity index (χ3n) is 3.20. The van der Waals surface area contributed by atoms with E-state index in [-0.39, 0.29) is 25.2 Å². The number of rotatable bonds is 5. The monoisotopic (exact) mass is 281 g/mol. The van der Waals surface area contributed by atoms with Crippen LogP contribution in [-0.2, 0) is 20.9 Å². The number of hydrogen-bond donors (Lipinski definition) is 0. The van der Waals surface area contributed by atoms with E-state index in [0.29, 0.717) is 13.0 Å². The minimum Gasteiger partial charge on any atom is -0.460 e. The van der Waals surface area contributed by atoms with Crippen LogP contribution in [-0.4, -0.2) is 35.2 Å². The molecule has 0 aromatic heterocycles. The van der Waals surface area contributed by atoms with Gasteiger partial charge in [-0.05, 0) is 36.6 Å². The maximum absolute atomic E-state index is 11.7. The zero-order valence-corrected chi connectivity index (χ0v) is 11.3. The number of benzene rings is 1. The van der Waals surface area contributed by atoms with Crippen molar-refractivity contribution in [3.63, 3.8) is 0 Å². The highest BCUT2D eigenvalue weighted by molar-refractivity contribution is 6.64. The maximum atomic E-state index is 11.7. The lowest BCUT2D eigenvalue weighted by Gasteiger charge is -2.19. The fourth-order valence-electron chi connectivity index (χ4n) is 2.22. The summed E-state index contributed by atoms with van der Waals surface area (Å²) in [6.45, 7) is 1.09. The van der Waals surface area contributed by atoms with Gasteiger partial charge in [-0.3, -0.25) is 14.5 Å². The van der Waals surface area contributed by atoms with E-state index < -0.39 is 5.24 Å². The molecule has 102 valence electrons. The Balaban J connectivity index is 1.80. The number of nitrogens with zero attached hydrogens (tertiary/aromatic N) is 1. The molecular formula is C14H16ClNO3. The largest absolute Gasteiger partial charge is 0.460 e. The average molecular weight is 282 g/mol. The first-order chi connectivity index (χ1) is 9.16. The Morgan fingerprint density at radius 3 is 2.74 bits per heavy atom. The third kappa shape index (κ3) is 4.04. The molecule has 1 saturated heterocycles. The molecule has 1 atom stereocenters. The summed E-state index contributed by atoms with van der Waals surface area (Å²) < 4.78 is 5.18. The summed E-state index contributed by atoms with van der Waals surface area (Å²) >= 11 is 5.50. The molecule has 0 saturated carbocycles. The summed E-state index contributed by atoms with van der Waals surface area (Å²) in [4.78, 5) is 24.7. The van der Waals surface area contributed by atoms with Crippen molar-refractivity contribution in [2.24, 2.45) is 0 Å². The highest BCUT2D eigenvalue weighted by Crippen LogP contribution is 2.19. The van der Waals surface area contributed by atoms with Crippen molar-refractivity contribution in [2.45, 2.75) is 25.5 Å². The molecule has 0 aliphatic carbocycles. The molecule has 1 aliphatic heterocycles. The molecule has 0 radical (unpaired) electrons. The van der Waals surface area contributed by atoms with Crippen LogP contribution in [0.25, 0.3) is 0 Å².